The van der Waals surface area contributed by atoms with Gasteiger partial charge in [-0.2, -0.15) is 5.26 Å². The number of allylic oxidation sites excluding steroid dienone is 5. The summed E-state index contributed by atoms with van der Waals surface area (Å²) in [4.78, 5) is 5.26. The number of aliphatic imine (C=N–C) groups is 1. The maximum atomic E-state index is 9.46. The molecular weight excluding hydrogens is 637 g/mol. The van der Waals surface area contributed by atoms with Gasteiger partial charge in [-0.3, -0.25) is 5.32 Å². The normalized spacial score (nSPS) is 21.8. The fourth-order valence-corrected chi connectivity index (χ4v) is 8.82. The third-order valence-electron chi connectivity index (χ3n) is 11.3. The number of ether oxygens (including phenoxy) is 1. The van der Waals surface area contributed by atoms with Crippen LogP contribution in [-0.2, 0) is 5.41 Å². The first-order valence-electron chi connectivity index (χ1n) is 18.2. The molecule has 0 fully saturated rings. The molecule has 0 saturated carbocycles. The first-order valence-corrected chi connectivity index (χ1v) is 18.2. The maximum absolute atomic E-state index is 9.46. The average molecular weight is 673 g/mol. The zero-order chi connectivity index (χ0) is 34.6. The Morgan fingerprint density at radius 2 is 1.46 bits per heavy atom. The number of nitrogens with zero attached hydrogens (tertiary/aromatic N) is 2. The van der Waals surface area contributed by atoms with E-state index in [0.29, 0.717) is 11.5 Å². The Morgan fingerprint density at radius 1 is 0.731 bits per heavy atom. The molecule has 2 aliphatic heterocycles. The molecule has 5 aliphatic rings. The lowest BCUT2D eigenvalue weighted by Gasteiger charge is -2.42. The number of benzene rings is 5. The Bertz CT molecular complexity index is 2400. The fourth-order valence-electron chi connectivity index (χ4n) is 8.82. The SMILES string of the molecule is N#Cc1ccc(C2N=C(c3ccc4c(c3)OC3=CCCC=C3C43c4ccccc4-c4ccccc43)NC(C3=CCC(c4ccccc4)C=C3)N2)cc1. The molecule has 2 N–H and O–H groups in total. The van der Waals surface area contributed by atoms with Crippen molar-refractivity contribution in [1.29, 1.82) is 5.26 Å². The molecule has 0 bridgehead atoms. The van der Waals surface area contributed by atoms with Crippen LogP contribution in [0.25, 0.3) is 11.1 Å². The average Bonchev–Trinajstić information content (AvgIpc) is 3.51. The molecule has 3 unspecified atom stereocenters. The highest BCUT2D eigenvalue weighted by Crippen LogP contribution is 2.62. The summed E-state index contributed by atoms with van der Waals surface area (Å²) in [7, 11) is 0. The van der Waals surface area contributed by atoms with Gasteiger partial charge in [-0.15, -0.1) is 0 Å². The molecule has 5 aromatic rings. The van der Waals surface area contributed by atoms with Crippen LogP contribution >= 0.6 is 0 Å². The Morgan fingerprint density at radius 3 is 2.19 bits per heavy atom. The summed E-state index contributed by atoms with van der Waals surface area (Å²) in [6.07, 6.45) is 13.9. The minimum atomic E-state index is -0.463. The molecule has 0 amide bonds. The third kappa shape index (κ3) is 4.76. The molecule has 5 nitrogen and oxygen atoms in total. The summed E-state index contributed by atoms with van der Waals surface area (Å²) in [5.41, 5.74) is 12.2. The highest BCUT2D eigenvalue weighted by Gasteiger charge is 2.52. The van der Waals surface area contributed by atoms with Crippen LogP contribution in [0.2, 0.25) is 0 Å². The van der Waals surface area contributed by atoms with Crippen LogP contribution in [0.15, 0.2) is 174 Å². The molecule has 0 radical (unpaired) electrons. The van der Waals surface area contributed by atoms with Gasteiger partial charge < -0.3 is 10.1 Å². The number of hydrogen-bond acceptors (Lipinski definition) is 5. The number of nitrogens with one attached hydrogen (secondary N) is 2. The van der Waals surface area contributed by atoms with E-state index in [-0.39, 0.29) is 12.3 Å². The van der Waals surface area contributed by atoms with Gasteiger partial charge in [-0.1, -0.05) is 127 Å². The van der Waals surface area contributed by atoms with Gasteiger partial charge in [0.1, 0.15) is 29.7 Å². The minimum Gasteiger partial charge on any atom is -0.457 e. The maximum Gasteiger partial charge on any atom is 0.132 e. The van der Waals surface area contributed by atoms with Crippen LogP contribution in [0, 0.1) is 11.3 Å². The van der Waals surface area contributed by atoms with Crippen LogP contribution in [0.1, 0.15) is 70.3 Å². The Kier molecular flexibility index (Phi) is 7.19. The smallest absolute Gasteiger partial charge is 0.132 e. The fraction of sp³-hybridized carbons (Fsp3) is 0.149. The minimum absolute atomic E-state index is 0.173. The topological polar surface area (TPSA) is 69.4 Å². The van der Waals surface area contributed by atoms with Crippen molar-refractivity contribution in [3.8, 4) is 22.9 Å². The van der Waals surface area contributed by atoms with E-state index in [9.17, 15) is 5.26 Å². The zero-order valence-corrected chi connectivity index (χ0v) is 28.6. The number of nitriles is 1. The molecule has 0 saturated heterocycles. The lowest BCUT2D eigenvalue weighted by molar-refractivity contribution is 0.383. The van der Waals surface area contributed by atoms with Gasteiger partial charge in [0.05, 0.1) is 17.0 Å². The largest absolute Gasteiger partial charge is 0.457 e. The molecule has 5 aromatic carbocycles. The molecule has 52 heavy (non-hydrogen) atoms. The second-order valence-electron chi connectivity index (χ2n) is 14.1. The lowest BCUT2D eigenvalue weighted by atomic mass is 9.64. The van der Waals surface area contributed by atoms with Crippen molar-refractivity contribution in [2.75, 3.05) is 0 Å². The van der Waals surface area contributed by atoms with Gasteiger partial charge in [-0.25, -0.2) is 4.99 Å². The van der Waals surface area contributed by atoms with E-state index in [1.165, 1.54) is 39.0 Å². The first kappa shape index (κ1) is 30.6. The molecule has 10 rings (SSSR count). The van der Waals surface area contributed by atoms with Gasteiger partial charge in [0, 0.05) is 22.6 Å². The van der Waals surface area contributed by atoms with Crippen LogP contribution in [-0.4, -0.2) is 12.0 Å². The van der Waals surface area contributed by atoms with Crippen molar-refractivity contribution in [1.82, 2.24) is 10.6 Å². The zero-order valence-electron chi connectivity index (χ0n) is 28.6. The predicted octanol–water partition coefficient (Wildman–Crippen LogP) is 9.50. The Labute approximate surface area is 304 Å². The van der Waals surface area contributed by atoms with Crippen LogP contribution in [0.3, 0.4) is 0 Å². The summed E-state index contributed by atoms with van der Waals surface area (Å²) in [6, 6.07) is 45.0. The van der Waals surface area contributed by atoms with E-state index < -0.39 is 5.41 Å². The van der Waals surface area contributed by atoms with Gasteiger partial charge >= 0.3 is 0 Å². The van der Waals surface area contributed by atoms with Gasteiger partial charge in [-0.05, 0) is 82.5 Å². The van der Waals surface area contributed by atoms with Crippen molar-refractivity contribution in [3.05, 3.63) is 208 Å². The molecule has 3 aliphatic carbocycles. The third-order valence-corrected chi connectivity index (χ3v) is 11.3. The Hall–Kier alpha value is -6.22. The molecule has 1 spiro atoms. The number of hydrogen-bond donors (Lipinski definition) is 2. The van der Waals surface area contributed by atoms with Crippen molar-refractivity contribution >= 4 is 5.84 Å². The van der Waals surface area contributed by atoms with Crippen molar-refractivity contribution < 1.29 is 4.74 Å². The molecule has 3 atom stereocenters. The molecule has 5 heteroatoms. The summed E-state index contributed by atoms with van der Waals surface area (Å²) in [6.45, 7) is 0. The van der Waals surface area contributed by atoms with E-state index in [0.717, 1.165) is 53.3 Å². The number of amidine groups is 1. The van der Waals surface area contributed by atoms with E-state index in [1.54, 1.807) is 0 Å². The van der Waals surface area contributed by atoms with Crippen molar-refractivity contribution in [2.45, 2.75) is 42.9 Å². The van der Waals surface area contributed by atoms with Crippen LogP contribution in [0.5, 0.6) is 5.75 Å². The van der Waals surface area contributed by atoms with E-state index in [4.69, 9.17) is 9.73 Å². The standard InChI is InChI=1S/C47H36N4O/c48-29-30-18-20-33(21-19-30)44-49-45(34-24-22-32(23-25-34)31-10-2-1-3-11-31)51-46(50-44)35-26-27-41-43(28-35)52-42-17-9-8-16-40(42)47(41)38-14-6-4-12-36(38)37-13-5-7-15-39(37)47/h1-7,10-22,24-28,32,44-45,49H,8-9,23H2,(H,50,51). The van der Waals surface area contributed by atoms with Gasteiger partial charge in [0.2, 0.25) is 0 Å². The predicted molar refractivity (Wildman–Crippen MR) is 206 cm³/mol. The summed E-state index contributed by atoms with van der Waals surface area (Å²) in [5.74, 6) is 2.94. The Balaban J connectivity index is 1.07. The number of fused-ring (bicyclic) bond motifs is 9. The van der Waals surface area contributed by atoms with Crippen molar-refractivity contribution in [3.63, 3.8) is 0 Å². The van der Waals surface area contributed by atoms with E-state index >= 15 is 0 Å². The van der Waals surface area contributed by atoms with Crippen molar-refractivity contribution in [2.24, 2.45) is 4.99 Å². The van der Waals surface area contributed by atoms with E-state index in [1.807, 2.05) is 24.3 Å². The first-order chi connectivity index (χ1) is 25.7. The quantitative estimate of drug-likeness (QED) is 0.200. The lowest BCUT2D eigenvalue weighted by Crippen LogP contribution is -2.52. The highest BCUT2D eigenvalue weighted by molar-refractivity contribution is 6.00. The molecule has 250 valence electrons. The summed E-state index contributed by atoms with van der Waals surface area (Å²) in [5, 5.41) is 17.0. The summed E-state index contributed by atoms with van der Waals surface area (Å²) >= 11 is 0. The second-order valence-corrected chi connectivity index (χ2v) is 14.1. The molecule has 0 aromatic heterocycles. The van der Waals surface area contributed by atoms with Crippen LogP contribution < -0.4 is 15.4 Å². The number of rotatable bonds is 4. The second kappa shape index (κ2) is 12.2. The highest BCUT2D eigenvalue weighted by atomic mass is 16.5. The molecular formula is C47H36N4O. The van der Waals surface area contributed by atoms with Gasteiger partial charge in [0.15, 0.2) is 0 Å². The summed E-state index contributed by atoms with van der Waals surface area (Å²) < 4.78 is 6.86. The van der Waals surface area contributed by atoms with Crippen LogP contribution in [0.4, 0.5) is 0 Å². The van der Waals surface area contributed by atoms with E-state index in [2.05, 4.69) is 144 Å². The molecule has 2 heterocycles. The monoisotopic (exact) mass is 672 g/mol. The van der Waals surface area contributed by atoms with Gasteiger partial charge in [0.25, 0.3) is 0 Å².